The lowest BCUT2D eigenvalue weighted by atomic mass is 10.1. The summed E-state index contributed by atoms with van der Waals surface area (Å²) in [6, 6.07) is 0. The Hall–Kier alpha value is -1.23. The van der Waals surface area contributed by atoms with Crippen LogP contribution in [0.15, 0.2) is 0 Å². The Kier molecular flexibility index (Phi) is 5.28. The van der Waals surface area contributed by atoms with Gasteiger partial charge >= 0.3 is 0 Å². The van der Waals surface area contributed by atoms with Crippen LogP contribution in [0.1, 0.15) is 32.4 Å². The molecule has 1 heterocycles. The number of nitrogens with two attached hydrogens (primary N) is 1. The zero-order valence-electron chi connectivity index (χ0n) is 11.0. The minimum atomic E-state index is 0.258. The van der Waals surface area contributed by atoms with Crippen LogP contribution in [0.2, 0.25) is 0 Å². The van der Waals surface area contributed by atoms with Crippen molar-refractivity contribution in [3.8, 4) is 0 Å². The van der Waals surface area contributed by atoms with Crippen molar-refractivity contribution >= 4 is 11.5 Å². The van der Waals surface area contributed by atoms with Gasteiger partial charge in [0.25, 0.3) is 0 Å². The van der Waals surface area contributed by atoms with Gasteiger partial charge in [-0.15, -0.1) is 0 Å². The quantitative estimate of drug-likeness (QED) is 0.629. The maximum absolute atomic E-state index is 8.92. The van der Waals surface area contributed by atoms with Crippen molar-refractivity contribution in [3.63, 3.8) is 0 Å². The first-order chi connectivity index (χ1) is 8.10. The van der Waals surface area contributed by atoms with E-state index in [-0.39, 0.29) is 6.61 Å². The molecule has 0 amide bonds. The van der Waals surface area contributed by atoms with Gasteiger partial charge in [0.2, 0.25) is 0 Å². The van der Waals surface area contributed by atoms with E-state index in [0.717, 1.165) is 43.0 Å². The molecule has 5 heteroatoms. The molecule has 1 unspecified atom stereocenters. The summed E-state index contributed by atoms with van der Waals surface area (Å²) in [6.45, 7) is 5.21. The maximum Gasteiger partial charge on any atom is 0.147 e. The molecular weight excluding hydrogens is 216 g/mol. The fourth-order valence-corrected chi connectivity index (χ4v) is 1.82. The van der Waals surface area contributed by atoms with Crippen molar-refractivity contribution in [2.75, 3.05) is 24.2 Å². The molecule has 0 aromatic carbocycles. The Balaban J connectivity index is 2.44. The molecule has 1 atom stereocenters. The Labute approximate surface area is 103 Å². The second-order valence-corrected chi connectivity index (χ2v) is 4.54. The van der Waals surface area contributed by atoms with Crippen molar-refractivity contribution in [2.45, 2.75) is 33.1 Å². The molecule has 1 aromatic rings. The second kappa shape index (κ2) is 6.49. The molecule has 0 saturated carbocycles. The third-order valence-corrected chi connectivity index (χ3v) is 2.97. The first-order valence-electron chi connectivity index (χ1n) is 6.26. The summed E-state index contributed by atoms with van der Waals surface area (Å²) in [4.78, 5) is 0. The maximum atomic E-state index is 8.92. The monoisotopic (exact) mass is 240 g/mol. The number of nitrogens with one attached hydrogen (secondary N) is 1. The van der Waals surface area contributed by atoms with E-state index >= 15 is 0 Å². The predicted octanol–water partition coefficient (Wildman–Crippen LogP) is 1.39. The van der Waals surface area contributed by atoms with Gasteiger partial charge in [0.05, 0.1) is 11.4 Å². The number of aromatic nitrogens is 2. The van der Waals surface area contributed by atoms with Crippen LogP contribution in [0, 0.1) is 5.92 Å². The van der Waals surface area contributed by atoms with Gasteiger partial charge in [-0.25, -0.2) is 0 Å². The largest absolute Gasteiger partial charge is 0.396 e. The average Bonchev–Trinajstić information content (AvgIpc) is 2.60. The number of nitrogen functional groups attached to an aromatic ring is 1. The third-order valence-electron chi connectivity index (χ3n) is 2.97. The van der Waals surface area contributed by atoms with Crippen molar-refractivity contribution < 1.29 is 5.11 Å². The second-order valence-electron chi connectivity index (χ2n) is 4.54. The zero-order valence-corrected chi connectivity index (χ0v) is 11.0. The van der Waals surface area contributed by atoms with Gasteiger partial charge in [0.1, 0.15) is 5.82 Å². The Morgan fingerprint density at radius 2 is 2.24 bits per heavy atom. The van der Waals surface area contributed by atoms with Crippen LogP contribution in [0.5, 0.6) is 0 Å². The molecule has 17 heavy (non-hydrogen) atoms. The van der Waals surface area contributed by atoms with Crippen LogP contribution >= 0.6 is 0 Å². The first kappa shape index (κ1) is 13.8. The molecule has 5 nitrogen and oxygen atoms in total. The number of aryl methyl sites for hydroxylation is 2. The van der Waals surface area contributed by atoms with Crippen molar-refractivity contribution in [2.24, 2.45) is 13.0 Å². The first-order valence-corrected chi connectivity index (χ1v) is 6.26. The highest BCUT2D eigenvalue weighted by Crippen LogP contribution is 2.22. The zero-order chi connectivity index (χ0) is 12.8. The lowest BCUT2D eigenvalue weighted by Crippen LogP contribution is -2.10. The molecule has 0 radical (unpaired) electrons. The average molecular weight is 240 g/mol. The number of rotatable bonds is 7. The fraction of sp³-hybridized carbons (Fsp3) is 0.750. The minimum absolute atomic E-state index is 0.258. The van der Waals surface area contributed by atoms with Crippen LogP contribution in [0.25, 0.3) is 0 Å². The van der Waals surface area contributed by atoms with E-state index in [0.29, 0.717) is 5.92 Å². The van der Waals surface area contributed by atoms with Crippen LogP contribution in [-0.2, 0) is 13.5 Å². The number of aliphatic hydroxyl groups is 1. The van der Waals surface area contributed by atoms with E-state index in [4.69, 9.17) is 10.8 Å². The highest BCUT2D eigenvalue weighted by molar-refractivity contribution is 5.64. The predicted molar refractivity (Wildman–Crippen MR) is 71.0 cm³/mol. The van der Waals surface area contributed by atoms with Gasteiger partial charge < -0.3 is 16.2 Å². The van der Waals surface area contributed by atoms with E-state index in [1.807, 2.05) is 20.9 Å². The van der Waals surface area contributed by atoms with E-state index < -0.39 is 0 Å². The Morgan fingerprint density at radius 3 is 2.76 bits per heavy atom. The van der Waals surface area contributed by atoms with Crippen LogP contribution < -0.4 is 11.1 Å². The minimum Gasteiger partial charge on any atom is -0.396 e. The number of aliphatic hydroxyl groups excluding tert-OH is 1. The highest BCUT2D eigenvalue weighted by atomic mass is 16.3. The van der Waals surface area contributed by atoms with Gasteiger partial charge in [-0.1, -0.05) is 13.8 Å². The normalized spacial score (nSPS) is 12.7. The molecule has 0 saturated heterocycles. The molecule has 4 N–H and O–H groups in total. The topological polar surface area (TPSA) is 76.1 Å². The highest BCUT2D eigenvalue weighted by Gasteiger charge is 2.10. The summed E-state index contributed by atoms with van der Waals surface area (Å²) >= 11 is 0. The number of hydrogen-bond acceptors (Lipinski definition) is 4. The lowest BCUT2D eigenvalue weighted by molar-refractivity contribution is 0.229. The summed E-state index contributed by atoms with van der Waals surface area (Å²) in [6.07, 6.45) is 2.89. The summed E-state index contributed by atoms with van der Waals surface area (Å²) in [5.74, 6) is 1.27. The van der Waals surface area contributed by atoms with Crippen molar-refractivity contribution in [1.29, 1.82) is 0 Å². The molecule has 0 aliphatic carbocycles. The van der Waals surface area contributed by atoms with E-state index in [9.17, 15) is 0 Å². The van der Waals surface area contributed by atoms with Gasteiger partial charge in [0.15, 0.2) is 0 Å². The standard InChI is InChI=1S/C12H24N4O/c1-4-10-11(13)12(16(3)15-10)14-7-5-6-9(2)8-17/h9,14,17H,4-8,13H2,1-3H3. The number of nitrogens with zero attached hydrogens (tertiary/aromatic N) is 2. The van der Waals surface area contributed by atoms with Crippen LogP contribution in [0.4, 0.5) is 11.5 Å². The third kappa shape index (κ3) is 3.63. The number of hydrogen-bond donors (Lipinski definition) is 3. The molecule has 0 spiro atoms. The van der Waals surface area contributed by atoms with E-state index in [1.165, 1.54) is 0 Å². The van der Waals surface area contributed by atoms with Gasteiger partial charge in [0, 0.05) is 20.2 Å². The molecule has 98 valence electrons. The summed E-state index contributed by atoms with van der Waals surface area (Å²) in [7, 11) is 1.90. The Bertz CT molecular complexity index is 349. The van der Waals surface area contributed by atoms with Gasteiger partial charge in [-0.05, 0) is 25.2 Å². The van der Waals surface area contributed by atoms with Gasteiger partial charge in [-0.2, -0.15) is 5.10 Å². The smallest absolute Gasteiger partial charge is 0.147 e. The SMILES string of the molecule is CCc1nn(C)c(NCCCC(C)CO)c1N. The Morgan fingerprint density at radius 1 is 1.53 bits per heavy atom. The lowest BCUT2D eigenvalue weighted by Gasteiger charge is -2.10. The molecule has 1 rings (SSSR count). The molecule has 0 aliphatic rings. The molecule has 0 fully saturated rings. The van der Waals surface area contributed by atoms with E-state index in [2.05, 4.69) is 10.4 Å². The van der Waals surface area contributed by atoms with Crippen molar-refractivity contribution in [1.82, 2.24) is 9.78 Å². The van der Waals surface area contributed by atoms with Crippen molar-refractivity contribution in [3.05, 3.63) is 5.69 Å². The van der Waals surface area contributed by atoms with Crippen LogP contribution in [0.3, 0.4) is 0 Å². The summed E-state index contributed by atoms with van der Waals surface area (Å²) in [5.41, 5.74) is 7.70. The van der Waals surface area contributed by atoms with Crippen LogP contribution in [-0.4, -0.2) is 28.0 Å². The number of anilines is 2. The fourth-order valence-electron chi connectivity index (χ4n) is 1.82. The summed E-state index contributed by atoms with van der Waals surface area (Å²) in [5, 5.41) is 16.6. The molecule has 0 aliphatic heterocycles. The molecular formula is C12H24N4O. The molecule has 1 aromatic heterocycles. The summed E-state index contributed by atoms with van der Waals surface area (Å²) < 4.78 is 1.80. The molecule has 0 bridgehead atoms. The van der Waals surface area contributed by atoms with E-state index in [1.54, 1.807) is 4.68 Å². The van der Waals surface area contributed by atoms with Gasteiger partial charge in [-0.3, -0.25) is 4.68 Å².